The molecule has 110 valence electrons. The minimum absolute atomic E-state index is 0.0150. The molecule has 0 saturated carbocycles. The van der Waals surface area contributed by atoms with Gasteiger partial charge in [0, 0.05) is 0 Å². The lowest BCUT2D eigenvalue weighted by Crippen LogP contribution is -2.14. The summed E-state index contributed by atoms with van der Waals surface area (Å²) in [4.78, 5) is 11.0. The fourth-order valence-electron chi connectivity index (χ4n) is 1.79. The van der Waals surface area contributed by atoms with Crippen molar-refractivity contribution in [1.82, 2.24) is 0 Å². The maximum atomic E-state index is 12.3. The lowest BCUT2D eigenvalue weighted by molar-refractivity contribution is 0.0697. The number of hydrogen-bond acceptors (Lipinski definition) is 3. The molecule has 0 aliphatic carbocycles. The Kier molecular flexibility index (Phi) is 4.20. The van der Waals surface area contributed by atoms with Gasteiger partial charge in [-0.1, -0.05) is 29.8 Å². The van der Waals surface area contributed by atoms with Gasteiger partial charge in [0.1, 0.15) is 0 Å². The van der Waals surface area contributed by atoms with Gasteiger partial charge in [-0.15, -0.1) is 0 Å². The van der Waals surface area contributed by atoms with Crippen LogP contribution in [0.5, 0.6) is 0 Å². The molecular formula is C14H12ClNO4S. The molecule has 2 rings (SSSR count). The second-order valence-corrected chi connectivity index (χ2v) is 6.43. The summed E-state index contributed by atoms with van der Waals surface area (Å²) in [5.74, 6) is -1.13. The Hall–Kier alpha value is -2.05. The quantitative estimate of drug-likeness (QED) is 0.904. The molecule has 21 heavy (non-hydrogen) atoms. The number of benzene rings is 2. The molecule has 0 aliphatic heterocycles. The van der Waals surface area contributed by atoms with E-state index in [1.54, 1.807) is 25.1 Å². The van der Waals surface area contributed by atoms with Crippen molar-refractivity contribution in [3.05, 3.63) is 58.6 Å². The van der Waals surface area contributed by atoms with Crippen LogP contribution in [0.25, 0.3) is 0 Å². The third kappa shape index (κ3) is 3.34. The number of sulfonamides is 1. The van der Waals surface area contributed by atoms with E-state index >= 15 is 0 Å². The van der Waals surface area contributed by atoms with Gasteiger partial charge in [-0.25, -0.2) is 13.2 Å². The second-order valence-electron chi connectivity index (χ2n) is 4.37. The Labute approximate surface area is 127 Å². The predicted molar refractivity (Wildman–Crippen MR) is 80.4 cm³/mol. The van der Waals surface area contributed by atoms with Crippen LogP contribution in [0.3, 0.4) is 0 Å². The molecule has 0 radical (unpaired) electrons. The maximum Gasteiger partial charge on any atom is 0.335 e. The lowest BCUT2D eigenvalue weighted by Gasteiger charge is -2.11. The maximum absolute atomic E-state index is 12.3. The molecule has 7 heteroatoms. The van der Waals surface area contributed by atoms with E-state index in [1.165, 1.54) is 24.3 Å². The normalized spacial score (nSPS) is 11.1. The van der Waals surface area contributed by atoms with Crippen molar-refractivity contribution in [3.8, 4) is 0 Å². The molecule has 0 saturated heterocycles. The number of hydrogen-bond donors (Lipinski definition) is 2. The highest BCUT2D eigenvalue weighted by Crippen LogP contribution is 2.26. The van der Waals surface area contributed by atoms with Crippen LogP contribution >= 0.6 is 11.6 Å². The Morgan fingerprint density at radius 1 is 1.19 bits per heavy atom. The van der Waals surface area contributed by atoms with E-state index in [2.05, 4.69) is 4.72 Å². The van der Waals surface area contributed by atoms with E-state index in [0.717, 1.165) is 0 Å². The zero-order valence-electron chi connectivity index (χ0n) is 11.0. The third-order valence-corrected chi connectivity index (χ3v) is 4.68. The molecule has 0 spiro atoms. The fraction of sp³-hybridized carbons (Fsp3) is 0.0714. The topological polar surface area (TPSA) is 83.5 Å². The lowest BCUT2D eigenvalue weighted by atomic mass is 10.2. The predicted octanol–water partition coefficient (Wildman–Crippen LogP) is 3.15. The van der Waals surface area contributed by atoms with Gasteiger partial charge in [0.05, 0.1) is 21.2 Å². The van der Waals surface area contributed by atoms with Gasteiger partial charge >= 0.3 is 5.97 Å². The standard InChI is InChI=1S/C14H12ClNO4S/c1-9-4-2-3-5-13(9)21(19,20)16-12-7-6-10(14(17)18)8-11(12)15/h2-8,16H,1H3,(H,17,18). The highest BCUT2D eigenvalue weighted by atomic mass is 35.5. The van der Waals surface area contributed by atoms with Crippen LogP contribution in [0.1, 0.15) is 15.9 Å². The summed E-state index contributed by atoms with van der Waals surface area (Å²) in [6, 6.07) is 10.3. The number of carboxylic acids is 1. The first-order valence-corrected chi connectivity index (χ1v) is 7.78. The highest BCUT2D eigenvalue weighted by molar-refractivity contribution is 7.92. The molecule has 2 aromatic rings. The average Bonchev–Trinajstić information content (AvgIpc) is 2.41. The third-order valence-electron chi connectivity index (χ3n) is 2.84. The number of rotatable bonds is 4. The van der Waals surface area contributed by atoms with Crippen LogP contribution < -0.4 is 4.72 Å². The SMILES string of the molecule is Cc1ccccc1S(=O)(=O)Nc1ccc(C(=O)O)cc1Cl. The summed E-state index contributed by atoms with van der Waals surface area (Å²) < 4.78 is 27.0. The van der Waals surface area contributed by atoms with E-state index in [9.17, 15) is 13.2 Å². The van der Waals surface area contributed by atoms with E-state index in [0.29, 0.717) is 5.56 Å². The highest BCUT2D eigenvalue weighted by Gasteiger charge is 2.18. The number of aromatic carboxylic acids is 1. The minimum atomic E-state index is -3.78. The fourth-order valence-corrected chi connectivity index (χ4v) is 3.40. The van der Waals surface area contributed by atoms with Crippen LogP contribution in [0.15, 0.2) is 47.4 Å². The van der Waals surface area contributed by atoms with E-state index in [1.807, 2.05) is 0 Å². The number of carboxylic acid groups (broad SMARTS) is 1. The number of nitrogens with one attached hydrogen (secondary N) is 1. The summed E-state index contributed by atoms with van der Waals surface area (Å²) in [5.41, 5.74) is 0.715. The van der Waals surface area contributed by atoms with Crippen molar-refractivity contribution < 1.29 is 18.3 Å². The van der Waals surface area contributed by atoms with Crippen molar-refractivity contribution >= 4 is 33.3 Å². The van der Waals surface area contributed by atoms with Gasteiger partial charge in [-0.05, 0) is 36.8 Å². The molecule has 0 fully saturated rings. The zero-order chi connectivity index (χ0) is 15.6. The van der Waals surface area contributed by atoms with Gasteiger partial charge in [-0.3, -0.25) is 4.72 Å². The molecule has 2 aromatic carbocycles. The van der Waals surface area contributed by atoms with Crippen LogP contribution in [0, 0.1) is 6.92 Å². The van der Waals surface area contributed by atoms with Crippen molar-refractivity contribution in [2.24, 2.45) is 0 Å². The van der Waals surface area contributed by atoms with Gasteiger partial charge in [-0.2, -0.15) is 0 Å². The van der Waals surface area contributed by atoms with Gasteiger partial charge in [0.25, 0.3) is 10.0 Å². The second kappa shape index (κ2) is 5.75. The Morgan fingerprint density at radius 2 is 1.86 bits per heavy atom. The largest absolute Gasteiger partial charge is 0.478 e. The summed E-state index contributed by atoms with van der Waals surface area (Å²) >= 11 is 5.92. The van der Waals surface area contributed by atoms with Crippen molar-refractivity contribution in [1.29, 1.82) is 0 Å². The molecule has 5 nitrogen and oxygen atoms in total. The smallest absolute Gasteiger partial charge is 0.335 e. The van der Waals surface area contributed by atoms with E-state index in [4.69, 9.17) is 16.7 Å². The first-order chi connectivity index (χ1) is 9.81. The summed E-state index contributed by atoms with van der Waals surface area (Å²) in [6.07, 6.45) is 0. The summed E-state index contributed by atoms with van der Waals surface area (Å²) in [6.45, 7) is 1.68. The van der Waals surface area contributed by atoms with Gasteiger partial charge in [0.15, 0.2) is 0 Å². The van der Waals surface area contributed by atoms with Gasteiger partial charge in [0.2, 0.25) is 0 Å². The number of anilines is 1. The molecule has 0 aromatic heterocycles. The monoisotopic (exact) mass is 325 g/mol. The van der Waals surface area contributed by atoms with Crippen LogP contribution in [0.2, 0.25) is 5.02 Å². The van der Waals surface area contributed by atoms with Gasteiger partial charge < -0.3 is 5.11 Å². The molecule has 0 unspecified atom stereocenters. The summed E-state index contributed by atoms with van der Waals surface area (Å²) in [7, 11) is -3.78. The molecule has 0 heterocycles. The Balaban J connectivity index is 2.38. The average molecular weight is 326 g/mol. The number of halogens is 1. The first kappa shape index (κ1) is 15.3. The molecule has 0 aliphatic rings. The minimum Gasteiger partial charge on any atom is -0.478 e. The van der Waals surface area contributed by atoms with E-state index in [-0.39, 0.29) is 21.2 Å². The van der Waals surface area contributed by atoms with Crippen molar-refractivity contribution in [2.45, 2.75) is 11.8 Å². The van der Waals surface area contributed by atoms with Crippen LogP contribution in [-0.4, -0.2) is 19.5 Å². The van der Waals surface area contributed by atoms with Crippen molar-refractivity contribution in [3.63, 3.8) is 0 Å². The molecule has 2 N–H and O–H groups in total. The Bertz CT molecular complexity index is 802. The zero-order valence-corrected chi connectivity index (χ0v) is 12.6. The molecule has 0 bridgehead atoms. The van der Waals surface area contributed by atoms with Crippen LogP contribution in [-0.2, 0) is 10.0 Å². The molecule has 0 atom stereocenters. The number of aryl methyl sites for hydroxylation is 1. The van der Waals surface area contributed by atoms with E-state index < -0.39 is 16.0 Å². The van der Waals surface area contributed by atoms with Crippen LogP contribution in [0.4, 0.5) is 5.69 Å². The molecule has 0 amide bonds. The van der Waals surface area contributed by atoms with Crippen molar-refractivity contribution in [2.75, 3.05) is 4.72 Å². The first-order valence-electron chi connectivity index (χ1n) is 5.92. The Morgan fingerprint density at radius 3 is 2.43 bits per heavy atom. The number of carbonyl (C=O) groups is 1. The molecular weight excluding hydrogens is 314 g/mol. The summed E-state index contributed by atoms with van der Waals surface area (Å²) in [5, 5.41) is 8.87.